The van der Waals surface area contributed by atoms with E-state index in [-0.39, 0.29) is 29.9 Å². The molecule has 0 spiro atoms. The summed E-state index contributed by atoms with van der Waals surface area (Å²) in [4.78, 5) is 23.6. The molecule has 0 aromatic heterocycles. The fourth-order valence-corrected chi connectivity index (χ4v) is 4.06. The van der Waals surface area contributed by atoms with Gasteiger partial charge in [0.15, 0.2) is 0 Å². The second-order valence-corrected chi connectivity index (χ2v) is 7.38. The quantitative estimate of drug-likeness (QED) is 0.745. The maximum absolute atomic E-state index is 12.5. The second kappa shape index (κ2) is 7.94. The predicted molar refractivity (Wildman–Crippen MR) is 108 cm³/mol. The number of carbonyl (C=O) groups is 2. The molecule has 3 N–H and O–H groups in total. The summed E-state index contributed by atoms with van der Waals surface area (Å²) < 4.78 is 5.95. The Morgan fingerprint density at radius 2 is 2.03 bits per heavy atom. The van der Waals surface area contributed by atoms with E-state index in [1.807, 2.05) is 12.1 Å². The van der Waals surface area contributed by atoms with E-state index < -0.39 is 0 Å². The normalized spacial score (nSPS) is 21.9. The lowest BCUT2D eigenvalue weighted by molar-refractivity contribution is -0.114. The number of nitrogens with one attached hydrogen (secondary N) is 3. The topological polar surface area (TPSA) is 103 Å². The van der Waals surface area contributed by atoms with Crippen LogP contribution in [0.5, 0.6) is 0 Å². The van der Waals surface area contributed by atoms with Crippen LogP contribution in [0.2, 0.25) is 0 Å². The van der Waals surface area contributed by atoms with Gasteiger partial charge in [0, 0.05) is 54.5 Å². The minimum absolute atomic E-state index is 0.0468. The van der Waals surface area contributed by atoms with Gasteiger partial charge in [-0.05, 0) is 48.9 Å². The molecule has 0 bridgehead atoms. The molecular formula is C22H22N4O3. The molecule has 7 nitrogen and oxygen atoms in total. The first-order valence-corrected chi connectivity index (χ1v) is 9.63. The molecule has 148 valence electrons. The van der Waals surface area contributed by atoms with Crippen LogP contribution in [0, 0.1) is 17.2 Å². The van der Waals surface area contributed by atoms with E-state index in [1.165, 1.54) is 6.92 Å². The summed E-state index contributed by atoms with van der Waals surface area (Å²) in [5.74, 6) is -0.0813. The number of ether oxygens (including phenoxy) is 1. The molecule has 0 aliphatic carbocycles. The summed E-state index contributed by atoms with van der Waals surface area (Å²) in [6.45, 7) is 2.58. The number of fused-ring (bicyclic) bond motifs is 3. The third-order valence-electron chi connectivity index (χ3n) is 5.43. The van der Waals surface area contributed by atoms with Crippen molar-refractivity contribution in [2.24, 2.45) is 5.92 Å². The average molecular weight is 390 g/mol. The predicted octanol–water partition coefficient (Wildman–Crippen LogP) is 2.82. The molecular weight excluding hydrogens is 368 g/mol. The first-order chi connectivity index (χ1) is 14.0. The van der Waals surface area contributed by atoms with E-state index in [1.54, 1.807) is 30.3 Å². The number of carbonyl (C=O) groups excluding carboxylic acids is 2. The molecule has 0 saturated carbocycles. The van der Waals surface area contributed by atoms with Crippen molar-refractivity contribution in [1.29, 1.82) is 5.26 Å². The van der Waals surface area contributed by atoms with Crippen molar-refractivity contribution < 1.29 is 14.3 Å². The van der Waals surface area contributed by atoms with Crippen molar-refractivity contribution in [2.75, 3.05) is 23.8 Å². The number of hydrogen-bond donors (Lipinski definition) is 3. The zero-order valence-electron chi connectivity index (χ0n) is 16.1. The molecule has 2 heterocycles. The molecule has 3 atom stereocenters. The lowest BCUT2D eigenvalue weighted by atomic mass is 9.83. The Bertz CT molecular complexity index is 981. The van der Waals surface area contributed by atoms with Crippen molar-refractivity contribution in [3.05, 3.63) is 59.2 Å². The molecule has 1 fully saturated rings. The fourth-order valence-electron chi connectivity index (χ4n) is 4.06. The monoisotopic (exact) mass is 390 g/mol. The Hall–Kier alpha value is -3.37. The summed E-state index contributed by atoms with van der Waals surface area (Å²) in [7, 11) is 0. The number of benzene rings is 2. The molecule has 2 aromatic carbocycles. The number of anilines is 2. The highest BCUT2D eigenvalue weighted by Crippen LogP contribution is 2.44. The highest BCUT2D eigenvalue weighted by molar-refractivity contribution is 5.95. The van der Waals surface area contributed by atoms with Gasteiger partial charge in [0.2, 0.25) is 5.91 Å². The van der Waals surface area contributed by atoms with Gasteiger partial charge in [0.1, 0.15) is 0 Å². The maximum Gasteiger partial charge on any atom is 0.251 e. The van der Waals surface area contributed by atoms with E-state index in [4.69, 9.17) is 10.00 Å². The minimum Gasteiger partial charge on any atom is -0.380 e. The van der Waals surface area contributed by atoms with Crippen LogP contribution >= 0.6 is 0 Å². The van der Waals surface area contributed by atoms with Gasteiger partial charge < -0.3 is 20.7 Å². The van der Waals surface area contributed by atoms with E-state index in [0.29, 0.717) is 30.0 Å². The number of hydrogen-bond acceptors (Lipinski definition) is 5. The van der Waals surface area contributed by atoms with Crippen molar-refractivity contribution in [3.63, 3.8) is 0 Å². The summed E-state index contributed by atoms with van der Waals surface area (Å²) in [5.41, 5.74) is 3.78. The third kappa shape index (κ3) is 3.93. The fraction of sp³-hybridized carbons (Fsp3) is 0.318. The molecule has 2 amide bonds. The summed E-state index contributed by atoms with van der Waals surface area (Å²) >= 11 is 0. The van der Waals surface area contributed by atoms with Gasteiger partial charge >= 0.3 is 0 Å². The van der Waals surface area contributed by atoms with Gasteiger partial charge in [-0.3, -0.25) is 9.59 Å². The van der Waals surface area contributed by atoms with Crippen LogP contribution < -0.4 is 16.0 Å². The molecule has 4 rings (SSSR count). The number of amides is 2. The highest BCUT2D eigenvalue weighted by atomic mass is 16.5. The van der Waals surface area contributed by atoms with Crippen LogP contribution in [0.1, 0.15) is 40.9 Å². The van der Waals surface area contributed by atoms with Crippen LogP contribution in [0.4, 0.5) is 11.4 Å². The Labute approximate surface area is 169 Å². The minimum atomic E-state index is -0.165. The summed E-state index contributed by atoms with van der Waals surface area (Å²) in [6, 6.07) is 14.6. The van der Waals surface area contributed by atoms with Crippen LogP contribution in [0.15, 0.2) is 42.5 Å². The first kappa shape index (κ1) is 19.0. The van der Waals surface area contributed by atoms with E-state index in [9.17, 15) is 9.59 Å². The zero-order chi connectivity index (χ0) is 20.4. The van der Waals surface area contributed by atoms with Crippen molar-refractivity contribution in [3.8, 4) is 6.07 Å². The number of nitrogens with zero attached hydrogens (tertiary/aromatic N) is 1. The molecule has 7 heteroatoms. The van der Waals surface area contributed by atoms with Crippen LogP contribution in [0.25, 0.3) is 0 Å². The Morgan fingerprint density at radius 1 is 1.24 bits per heavy atom. The lowest BCUT2D eigenvalue weighted by Crippen LogP contribution is -2.44. The maximum atomic E-state index is 12.5. The van der Waals surface area contributed by atoms with E-state index >= 15 is 0 Å². The summed E-state index contributed by atoms with van der Waals surface area (Å²) in [6.07, 6.45) is 0.846. The Balaban J connectivity index is 1.43. The molecule has 2 aliphatic heterocycles. The highest BCUT2D eigenvalue weighted by Gasteiger charge is 2.40. The lowest BCUT2D eigenvalue weighted by Gasteiger charge is -2.36. The zero-order valence-corrected chi connectivity index (χ0v) is 16.1. The van der Waals surface area contributed by atoms with Crippen LogP contribution in [-0.4, -0.2) is 31.0 Å². The Morgan fingerprint density at radius 3 is 2.76 bits per heavy atom. The molecule has 29 heavy (non-hydrogen) atoms. The number of nitriles is 1. The van der Waals surface area contributed by atoms with Gasteiger partial charge in [-0.1, -0.05) is 0 Å². The average Bonchev–Trinajstić information content (AvgIpc) is 3.22. The van der Waals surface area contributed by atoms with Gasteiger partial charge in [-0.2, -0.15) is 5.26 Å². The summed E-state index contributed by atoms with van der Waals surface area (Å²) in [5, 5.41) is 18.4. The largest absolute Gasteiger partial charge is 0.380 e. The first-order valence-electron chi connectivity index (χ1n) is 9.63. The van der Waals surface area contributed by atoms with Crippen LogP contribution in [-0.2, 0) is 9.53 Å². The van der Waals surface area contributed by atoms with E-state index in [2.05, 4.69) is 22.0 Å². The third-order valence-corrected chi connectivity index (χ3v) is 5.43. The standard InChI is InChI=1S/C22H22N4O3/c1-13(27)25-16-5-3-15(4-6-16)22(28)24-12-20-17-8-9-29-21(17)18-10-14(11-23)2-7-19(18)26-20/h2-7,10,17,20-21,26H,8-9,12H2,1H3,(H,24,28)(H,25,27). The second-order valence-electron chi connectivity index (χ2n) is 7.38. The Kier molecular flexibility index (Phi) is 5.19. The molecule has 2 aliphatic rings. The van der Waals surface area contributed by atoms with Crippen LogP contribution in [0.3, 0.4) is 0 Å². The molecule has 3 unspecified atom stereocenters. The molecule has 1 saturated heterocycles. The van der Waals surface area contributed by atoms with Gasteiger partial charge in [-0.25, -0.2) is 0 Å². The molecule has 2 aromatic rings. The van der Waals surface area contributed by atoms with Gasteiger partial charge in [-0.15, -0.1) is 0 Å². The van der Waals surface area contributed by atoms with Gasteiger partial charge in [0.25, 0.3) is 5.91 Å². The van der Waals surface area contributed by atoms with Crippen molar-refractivity contribution in [1.82, 2.24) is 5.32 Å². The molecule has 0 radical (unpaired) electrons. The van der Waals surface area contributed by atoms with Crippen molar-refractivity contribution in [2.45, 2.75) is 25.5 Å². The van der Waals surface area contributed by atoms with Gasteiger partial charge in [0.05, 0.1) is 17.7 Å². The smallest absolute Gasteiger partial charge is 0.251 e. The van der Waals surface area contributed by atoms with Crippen molar-refractivity contribution >= 4 is 23.2 Å². The number of rotatable bonds is 4. The SMILES string of the molecule is CC(=O)Nc1ccc(C(=O)NCC2Nc3ccc(C#N)cc3C3OCCC23)cc1. The van der Waals surface area contributed by atoms with E-state index in [0.717, 1.165) is 17.7 Å².